The SMILES string of the molecule is N[C@H]1c2cc(Cl)cc(Cl)c2OC[C@H]1O. The maximum absolute atomic E-state index is 9.47. The first kappa shape index (κ1) is 10.1. The van der Waals surface area contributed by atoms with Gasteiger partial charge in [0.15, 0.2) is 0 Å². The lowest BCUT2D eigenvalue weighted by Gasteiger charge is -2.28. The minimum Gasteiger partial charge on any atom is -0.489 e. The molecule has 1 aromatic carbocycles. The van der Waals surface area contributed by atoms with Gasteiger partial charge in [0.25, 0.3) is 0 Å². The lowest BCUT2D eigenvalue weighted by atomic mass is 9.99. The van der Waals surface area contributed by atoms with Crippen LogP contribution < -0.4 is 10.5 Å². The second-order valence-corrected chi connectivity index (χ2v) is 4.05. The Kier molecular flexibility index (Phi) is 2.58. The second kappa shape index (κ2) is 3.59. The second-order valence-electron chi connectivity index (χ2n) is 3.21. The van der Waals surface area contributed by atoms with Crippen LogP contribution in [0.5, 0.6) is 5.75 Å². The van der Waals surface area contributed by atoms with E-state index in [0.717, 1.165) is 0 Å². The predicted molar refractivity (Wildman–Crippen MR) is 54.9 cm³/mol. The van der Waals surface area contributed by atoms with Gasteiger partial charge in [-0.2, -0.15) is 0 Å². The van der Waals surface area contributed by atoms with Crippen LogP contribution in [0.4, 0.5) is 0 Å². The molecule has 1 aliphatic heterocycles. The van der Waals surface area contributed by atoms with Crippen molar-refractivity contribution in [2.24, 2.45) is 5.73 Å². The van der Waals surface area contributed by atoms with E-state index in [1.807, 2.05) is 0 Å². The number of hydrogen-bond acceptors (Lipinski definition) is 3. The molecule has 0 aromatic heterocycles. The number of halogens is 2. The van der Waals surface area contributed by atoms with Crippen molar-refractivity contribution in [3.8, 4) is 5.75 Å². The third-order valence-electron chi connectivity index (χ3n) is 2.21. The van der Waals surface area contributed by atoms with Crippen molar-refractivity contribution in [1.82, 2.24) is 0 Å². The highest BCUT2D eigenvalue weighted by Crippen LogP contribution is 2.38. The molecule has 5 heteroatoms. The maximum Gasteiger partial charge on any atom is 0.142 e. The van der Waals surface area contributed by atoms with Crippen molar-refractivity contribution in [3.05, 3.63) is 27.7 Å². The maximum atomic E-state index is 9.47. The molecule has 0 unspecified atom stereocenters. The molecule has 3 N–H and O–H groups in total. The minimum absolute atomic E-state index is 0.162. The van der Waals surface area contributed by atoms with Crippen LogP contribution in [0.25, 0.3) is 0 Å². The first-order chi connectivity index (χ1) is 6.59. The van der Waals surface area contributed by atoms with E-state index in [0.29, 0.717) is 21.4 Å². The van der Waals surface area contributed by atoms with Gasteiger partial charge in [-0.25, -0.2) is 0 Å². The first-order valence-electron chi connectivity index (χ1n) is 4.15. The summed E-state index contributed by atoms with van der Waals surface area (Å²) in [6.07, 6.45) is -0.711. The fourth-order valence-corrected chi connectivity index (χ4v) is 2.02. The normalized spacial score (nSPS) is 25.4. The summed E-state index contributed by atoms with van der Waals surface area (Å²) in [5.74, 6) is 0.522. The zero-order valence-corrected chi connectivity index (χ0v) is 8.72. The number of aliphatic hydroxyl groups excluding tert-OH is 1. The third kappa shape index (κ3) is 1.57. The summed E-state index contributed by atoms with van der Waals surface area (Å²) in [5, 5.41) is 10.4. The quantitative estimate of drug-likeness (QED) is 0.718. The number of benzene rings is 1. The highest BCUT2D eigenvalue weighted by atomic mass is 35.5. The zero-order valence-electron chi connectivity index (χ0n) is 7.21. The average molecular weight is 234 g/mol. The molecule has 1 aliphatic rings. The molecular formula is C9H9Cl2NO2. The van der Waals surface area contributed by atoms with E-state index in [-0.39, 0.29) is 6.61 Å². The fraction of sp³-hybridized carbons (Fsp3) is 0.333. The largest absolute Gasteiger partial charge is 0.489 e. The van der Waals surface area contributed by atoms with Crippen molar-refractivity contribution in [2.45, 2.75) is 12.1 Å². The molecule has 0 spiro atoms. The third-order valence-corrected chi connectivity index (χ3v) is 2.71. The Hall–Kier alpha value is -0.480. The van der Waals surface area contributed by atoms with Gasteiger partial charge < -0.3 is 15.6 Å². The number of nitrogens with two attached hydrogens (primary N) is 1. The van der Waals surface area contributed by atoms with E-state index in [4.69, 9.17) is 33.7 Å². The highest BCUT2D eigenvalue weighted by Gasteiger charge is 2.28. The van der Waals surface area contributed by atoms with Crippen LogP contribution in [-0.2, 0) is 0 Å². The van der Waals surface area contributed by atoms with Gasteiger partial charge in [-0.05, 0) is 12.1 Å². The van der Waals surface area contributed by atoms with Gasteiger partial charge in [0, 0.05) is 10.6 Å². The summed E-state index contributed by atoms with van der Waals surface area (Å²) in [6, 6.07) is 2.76. The Morgan fingerprint density at radius 2 is 2.14 bits per heavy atom. The van der Waals surface area contributed by atoms with Crippen LogP contribution in [0, 0.1) is 0 Å². The van der Waals surface area contributed by atoms with Gasteiger partial charge in [0.2, 0.25) is 0 Å². The molecule has 0 fully saturated rings. The van der Waals surface area contributed by atoms with E-state index >= 15 is 0 Å². The van der Waals surface area contributed by atoms with Gasteiger partial charge in [-0.1, -0.05) is 23.2 Å². The number of hydrogen-bond donors (Lipinski definition) is 2. The molecule has 0 saturated heterocycles. The van der Waals surface area contributed by atoms with Crippen LogP contribution in [0.15, 0.2) is 12.1 Å². The van der Waals surface area contributed by atoms with Crippen LogP contribution in [0.3, 0.4) is 0 Å². The summed E-state index contributed by atoms with van der Waals surface area (Å²) in [6.45, 7) is 0.162. The van der Waals surface area contributed by atoms with E-state index in [1.165, 1.54) is 0 Å². The van der Waals surface area contributed by atoms with Gasteiger partial charge in [-0.15, -0.1) is 0 Å². The Morgan fingerprint density at radius 1 is 1.43 bits per heavy atom. The molecule has 76 valence electrons. The van der Waals surface area contributed by atoms with Gasteiger partial charge in [0.05, 0.1) is 11.1 Å². The molecule has 1 aromatic rings. The number of fused-ring (bicyclic) bond motifs is 1. The minimum atomic E-state index is -0.711. The molecule has 2 atom stereocenters. The summed E-state index contributed by atoms with van der Waals surface area (Å²) in [7, 11) is 0. The Morgan fingerprint density at radius 3 is 2.86 bits per heavy atom. The summed E-state index contributed by atoms with van der Waals surface area (Å²) in [5.41, 5.74) is 6.43. The van der Waals surface area contributed by atoms with E-state index in [9.17, 15) is 5.11 Å². The lowest BCUT2D eigenvalue weighted by molar-refractivity contribution is 0.0679. The molecule has 0 aliphatic carbocycles. The fourth-order valence-electron chi connectivity index (χ4n) is 1.46. The van der Waals surface area contributed by atoms with Crippen LogP contribution >= 0.6 is 23.2 Å². The number of rotatable bonds is 0. The van der Waals surface area contributed by atoms with E-state index in [1.54, 1.807) is 12.1 Å². The van der Waals surface area contributed by atoms with Crippen molar-refractivity contribution in [3.63, 3.8) is 0 Å². The summed E-state index contributed by atoms with van der Waals surface area (Å²) >= 11 is 11.7. The van der Waals surface area contributed by atoms with E-state index < -0.39 is 12.1 Å². The predicted octanol–water partition coefficient (Wildman–Crippen LogP) is 1.75. The smallest absolute Gasteiger partial charge is 0.142 e. The van der Waals surface area contributed by atoms with Gasteiger partial charge in [0.1, 0.15) is 18.5 Å². The van der Waals surface area contributed by atoms with Crippen molar-refractivity contribution in [2.75, 3.05) is 6.61 Å². The number of ether oxygens (including phenoxy) is 1. The zero-order chi connectivity index (χ0) is 10.3. The van der Waals surface area contributed by atoms with Crippen LogP contribution in [0.2, 0.25) is 10.0 Å². The molecule has 0 bridgehead atoms. The van der Waals surface area contributed by atoms with Crippen molar-refractivity contribution >= 4 is 23.2 Å². The van der Waals surface area contributed by atoms with Crippen molar-refractivity contribution < 1.29 is 9.84 Å². The molecule has 0 amide bonds. The Labute approximate surface area is 91.4 Å². The topological polar surface area (TPSA) is 55.5 Å². The summed E-state index contributed by atoms with van der Waals surface area (Å²) < 4.78 is 5.27. The molecule has 1 heterocycles. The Balaban J connectivity index is 2.54. The molecule has 3 nitrogen and oxygen atoms in total. The highest BCUT2D eigenvalue weighted by molar-refractivity contribution is 6.35. The first-order valence-corrected chi connectivity index (χ1v) is 4.90. The standard InChI is InChI=1S/C9H9Cl2NO2/c10-4-1-5-8(12)7(13)3-14-9(5)6(11)2-4/h1-2,7-8,13H,3,12H2/t7-,8+/m1/s1. The van der Waals surface area contributed by atoms with Crippen LogP contribution in [0.1, 0.15) is 11.6 Å². The monoisotopic (exact) mass is 233 g/mol. The van der Waals surface area contributed by atoms with E-state index in [2.05, 4.69) is 0 Å². The van der Waals surface area contributed by atoms with Gasteiger partial charge >= 0.3 is 0 Å². The number of aliphatic hydroxyl groups is 1. The molecule has 0 radical (unpaired) electrons. The molecule has 14 heavy (non-hydrogen) atoms. The summed E-state index contributed by atoms with van der Waals surface area (Å²) in [4.78, 5) is 0. The lowest BCUT2D eigenvalue weighted by Crippen LogP contribution is -2.35. The van der Waals surface area contributed by atoms with Crippen molar-refractivity contribution in [1.29, 1.82) is 0 Å². The molecule has 2 rings (SSSR count). The van der Waals surface area contributed by atoms with Crippen LogP contribution in [-0.4, -0.2) is 17.8 Å². The Bertz CT molecular complexity index is 370. The molecular weight excluding hydrogens is 225 g/mol. The van der Waals surface area contributed by atoms with Gasteiger partial charge in [-0.3, -0.25) is 0 Å². The molecule has 0 saturated carbocycles. The average Bonchev–Trinajstić information content (AvgIpc) is 2.12.